The van der Waals surface area contributed by atoms with E-state index in [9.17, 15) is 17.6 Å². The third-order valence-electron chi connectivity index (χ3n) is 8.98. The number of hydrogen-bond donors (Lipinski definition) is 0. The molecule has 2 heterocycles. The van der Waals surface area contributed by atoms with Gasteiger partial charge >= 0.3 is 0 Å². The van der Waals surface area contributed by atoms with Crippen LogP contribution < -0.4 is 23.3 Å². The molecule has 0 bridgehead atoms. The normalized spacial score (nSPS) is 16.0. The monoisotopic (exact) mass is 768 g/mol. The number of carbonyl (C=O) groups is 1. The van der Waals surface area contributed by atoms with E-state index in [1.807, 2.05) is 12.1 Å². The number of anilines is 1. The van der Waals surface area contributed by atoms with E-state index in [2.05, 4.69) is 9.36 Å². The highest BCUT2D eigenvalue weighted by Gasteiger charge is 2.37. The van der Waals surface area contributed by atoms with E-state index in [1.165, 1.54) is 26.4 Å². The topological polar surface area (TPSA) is 120 Å². The molecule has 1 aromatic heterocycles. The van der Waals surface area contributed by atoms with Crippen LogP contribution in [0.4, 0.5) is 18.3 Å². The van der Waals surface area contributed by atoms with Crippen molar-refractivity contribution < 1.29 is 45.3 Å². The molecule has 1 fully saturated rings. The maximum absolute atomic E-state index is 15.8. The Morgan fingerprint density at radius 3 is 2.25 bits per heavy atom. The van der Waals surface area contributed by atoms with Crippen LogP contribution in [0, 0.1) is 23.4 Å². The summed E-state index contributed by atoms with van der Waals surface area (Å²) in [6.45, 7) is -0.0130. The Labute approximate surface area is 308 Å². The van der Waals surface area contributed by atoms with Gasteiger partial charge in [-0.1, -0.05) is 24.3 Å². The summed E-state index contributed by atoms with van der Waals surface area (Å²) in [6, 6.07) is 19.0. The van der Waals surface area contributed by atoms with Crippen molar-refractivity contribution in [2.24, 2.45) is 5.92 Å². The van der Waals surface area contributed by atoms with Gasteiger partial charge in [-0.3, -0.25) is 4.79 Å². The lowest BCUT2D eigenvalue weighted by Gasteiger charge is -2.38. The van der Waals surface area contributed by atoms with E-state index < -0.39 is 50.0 Å². The SMILES string of the molecule is COc1ccc(CN2C[C@@H](COc3cc(F)c(S(=O)(=O)N(Cc4ccc(OC)cc4OC)c4ncns4)cc3F)[C@H](c3ccc(F)cc3)CC2=O)cc1. The Bertz CT molecular complexity index is 2160. The number of methoxy groups -OCH3 is 3. The predicted molar refractivity (Wildman–Crippen MR) is 190 cm³/mol. The van der Waals surface area contributed by atoms with Crippen LogP contribution >= 0.6 is 11.5 Å². The number of sulfonamides is 1. The molecule has 0 spiro atoms. The average Bonchev–Trinajstić information content (AvgIpc) is 3.70. The van der Waals surface area contributed by atoms with E-state index in [1.54, 1.807) is 54.5 Å². The lowest BCUT2D eigenvalue weighted by atomic mass is 9.80. The minimum absolute atomic E-state index is 0.0737. The Morgan fingerprint density at radius 1 is 0.868 bits per heavy atom. The molecule has 1 saturated heterocycles. The summed E-state index contributed by atoms with van der Waals surface area (Å²) in [5, 5.41) is -0.0825. The summed E-state index contributed by atoms with van der Waals surface area (Å²) in [5.41, 5.74) is 1.95. The molecule has 0 N–H and O–H groups in total. The zero-order chi connectivity index (χ0) is 37.7. The number of ether oxygens (including phenoxy) is 4. The summed E-state index contributed by atoms with van der Waals surface area (Å²) in [5.74, 6) is -2.87. The van der Waals surface area contributed by atoms with E-state index in [0.29, 0.717) is 47.1 Å². The number of likely N-dealkylation sites (tertiary alicyclic amines) is 1. The van der Waals surface area contributed by atoms with Crippen LogP contribution in [0.25, 0.3) is 0 Å². The lowest BCUT2D eigenvalue weighted by Crippen LogP contribution is -2.45. The van der Waals surface area contributed by atoms with Gasteiger partial charge in [0, 0.05) is 66.6 Å². The number of piperidine rings is 1. The summed E-state index contributed by atoms with van der Waals surface area (Å²) in [7, 11) is -0.334. The van der Waals surface area contributed by atoms with Gasteiger partial charge in [-0.15, -0.1) is 0 Å². The predicted octanol–water partition coefficient (Wildman–Crippen LogP) is 6.59. The first-order valence-corrected chi connectivity index (χ1v) is 18.5. The van der Waals surface area contributed by atoms with Gasteiger partial charge in [-0.2, -0.15) is 4.37 Å². The van der Waals surface area contributed by atoms with Crippen LogP contribution in [0.5, 0.6) is 23.0 Å². The molecule has 5 aromatic rings. The van der Waals surface area contributed by atoms with Gasteiger partial charge in [-0.25, -0.2) is 30.9 Å². The molecule has 53 heavy (non-hydrogen) atoms. The fourth-order valence-electron chi connectivity index (χ4n) is 6.17. The number of aromatic nitrogens is 2. The summed E-state index contributed by atoms with van der Waals surface area (Å²) in [6.07, 6.45) is 1.22. The van der Waals surface area contributed by atoms with Crippen LogP contribution in [0.3, 0.4) is 0 Å². The second-order valence-corrected chi connectivity index (χ2v) is 14.8. The molecule has 1 aliphatic rings. The Morgan fingerprint density at radius 2 is 1.58 bits per heavy atom. The van der Waals surface area contributed by atoms with Crippen molar-refractivity contribution >= 4 is 32.6 Å². The van der Waals surface area contributed by atoms with Crippen LogP contribution in [0.2, 0.25) is 0 Å². The first-order chi connectivity index (χ1) is 25.5. The van der Waals surface area contributed by atoms with Crippen LogP contribution in [-0.4, -0.2) is 63.1 Å². The zero-order valence-corrected chi connectivity index (χ0v) is 30.5. The van der Waals surface area contributed by atoms with Gasteiger partial charge in [0.05, 0.1) is 34.5 Å². The van der Waals surface area contributed by atoms with Gasteiger partial charge < -0.3 is 23.8 Å². The fraction of sp³-hybridized carbons (Fsp3) is 0.270. The summed E-state index contributed by atoms with van der Waals surface area (Å²) >= 11 is 0.756. The number of nitrogens with zero attached hydrogens (tertiary/aromatic N) is 4. The van der Waals surface area contributed by atoms with E-state index in [-0.39, 0.29) is 37.2 Å². The Hall–Kier alpha value is -5.35. The Kier molecular flexibility index (Phi) is 11.4. The maximum atomic E-state index is 15.8. The minimum Gasteiger partial charge on any atom is -0.497 e. The van der Waals surface area contributed by atoms with Gasteiger partial charge in [0.1, 0.15) is 40.1 Å². The van der Waals surface area contributed by atoms with Crippen molar-refractivity contribution in [2.75, 3.05) is 38.8 Å². The summed E-state index contributed by atoms with van der Waals surface area (Å²) in [4.78, 5) is 18.1. The molecule has 1 amide bonds. The second-order valence-electron chi connectivity index (χ2n) is 12.2. The highest BCUT2D eigenvalue weighted by atomic mass is 32.2. The Balaban J connectivity index is 1.26. The molecule has 1 aliphatic heterocycles. The maximum Gasteiger partial charge on any atom is 0.269 e. The van der Waals surface area contributed by atoms with Gasteiger partial charge in [0.25, 0.3) is 10.0 Å². The van der Waals surface area contributed by atoms with Crippen molar-refractivity contribution in [1.29, 1.82) is 0 Å². The van der Waals surface area contributed by atoms with Gasteiger partial charge in [0.15, 0.2) is 11.6 Å². The standard InChI is InChI=1S/C37H35F3N4O7S2/c1-48-28-11-4-23(5-12-28)18-43-19-26(30(15-36(43)45)24-6-9-27(38)10-7-24)21-51-34-16-32(40)35(17-31(34)39)53(46,47)44(37-41-22-42-52-37)20-25-8-13-29(49-2)14-33(25)50-3/h4-14,16-17,22,26,30H,15,18-21H2,1-3H3/t26-,30-/m0/s1. The first kappa shape index (κ1) is 37.4. The highest BCUT2D eigenvalue weighted by molar-refractivity contribution is 7.93. The average molecular weight is 769 g/mol. The van der Waals surface area contributed by atoms with E-state index in [0.717, 1.165) is 27.7 Å². The largest absolute Gasteiger partial charge is 0.497 e. The van der Waals surface area contributed by atoms with Crippen LogP contribution in [0.15, 0.2) is 90.1 Å². The molecular formula is C37H35F3N4O7S2. The van der Waals surface area contributed by atoms with Crippen molar-refractivity contribution in [3.63, 3.8) is 0 Å². The number of hydrogen-bond acceptors (Lipinski definition) is 10. The fourth-order valence-corrected chi connectivity index (χ4v) is 8.36. The molecule has 4 aromatic carbocycles. The van der Waals surface area contributed by atoms with Crippen molar-refractivity contribution in [1.82, 2.24) is 14.3 Å². The highest BCUT2D eigenvalue weighted by Crippen LogP contribution is 2.37. The molecule has 6 rings (SSSR count). The smallest absolute Gasteiger partial charge is 0.269 e. The molecule has 2 atom stereocenters. The quantitative estimate of drug-likeness (QED) is 0.123. The molecule has 11 nitrogen and oxygen atoms in total. The molecular weight excluding hydrogens is 734 g/mol. The zero-order valence-electron chi connectivity index (χ0n) is 28.9. The third-order valence-corrected chi connectivity index (χ3v) is 11.5. The molecule has 278 valence electrons. The van der Waals surface area contributed by atoms with E-state index in [4.69, 9.17) is 18.9 Å². The summed E-state index contributed by atoms with van der Waals surface area (Å²) < 4.78 is 99.8. The van der Waals surface area contributed by atoms with Gasteiger partial charge in [-0.05, 0) is 47.5 Å². The van der Waals surface area contributed by atoms with Crippen molar-refractivity contribution in [3.05, 3.63) is 119 Å². The lowest BCUT2D eigenvalue weighted by molar-refractivity contribution is -0.136. The molecule has 0 aliphatic carbocycles. The second kappa shape index (κ2) is 16.1. The number of halogens is 3. The molecule has 0 radical (unpaired) electrons. The molecule has 0 unspecified atom stereocenters. The minimum atomic E-state index is -4.76. The van der Waals surface area contributed by atoms with Crippen molar-refractivity contribution in [3.8, 4) is 23.0 Å². The number of amides is 1. The van der Waals surface area contributed by atoms with E-state index >= 15 is 8.78 Å². The number of benzene rings is 4. The molecule has 16 heteroatoms. The molecule has 0 saturated carbocycles. The first-order valence-electron chi connectivity index (χ1n) is 16.3. The van der Waals surface area contributed by atoms with Gasteiger partial charge in [0.2, 0.25) is 11.0 Å². The van der Waals surface area contributed by atoms with Crippen molar-refractivity contribution in [2.45, 2.75) is 30.3 Å². The number of carbonyl (C=O) groups excluding carboxylic acids is 1. The van der Waals surface area contributed by atoms with Crippen LogP contribution in [0.1, 0.15) is 29.0 Å². The van der Waals surface area contributed by atoms with Crippen LogP contribution in [-0.2, 0) is 27.9 Å². The number of rotatable bonds is 14. The third kappa shape index (κ3) is 8.33.